The summed E-state index contributed by atoms with van der Waals surface area (Å²) >= 11 is 0. The van der Waals surface area contributed by atoms with Gasteiger partial charge in [-0.15, -0.1) is 0 Å². The zero-order chi connectivity index (χ0) is 13.8. The molecule has 0 aromatic rings. The van der Waals surface area contributed by atoms with Crippen molar-refractivity contribution in [3.63, 3.8) is 0 Å². The predicted octanol–water partition coefficient (Wildman–Crippen LogP) is -0.619. The number of nitrogens with one attached hydrogen (secondary N) is 2. The van der Waals surface area contributed by atoms with Crippen molar-refractivity contribution in [3.8, 4) is 0 Å². The maximum absolute atomic E-state index is 11.9. The van der Waals surface area contributed by atoms with Crippen molar-refractivity contribution < 1.29 is 14.3 Å². The monoisotopic (exact) mass is 257 g/mol. The molecule has 0 aromatic heterocycles. The summed E-state index contributed by atoms with van der Waals surface area (Å²) in [6, 6.07) is -0.651. The Kier molecular flexibility index (Phi) is 5.10. The SMILES string of the molecule is CC(C)(C)C(NC(=O)CC1COCCN1)C(N)=O. The van der Waals surface area contributed by atoms with Crippen molar-refractivity contribution in [1.82, 2.24) is 10.6 Å². The van der Waals surface area contributed by atoms with Gasteiger partial charge in [0.15, 0.2) is 0 Å². The minimum atomic E-state index is -0.658. The third-order valence-electron chi connectivity index (χ3n) is 2.89. The number of amides is 2. The highest BCUT2D eigenvalue weighted by Gasteiger charge is 2.31. The van der Waals surface area contributed by atoms with Gasteiger partial charge in [-0.05, 0) is 5.41 Å². The van der Waals surface area contributed by atoms with Gasteiger partial charge in [0.2, 0.25) is 11.8 Å². The first kappa shape index (κ1) is 14.9. The number of rotatable bonds is 4. The van der Waals surface area contributed by atoms with Crippen molar-refractivity contribution in [2.24, 2.45) is 11.1 Å². The molecule has 1 aliphatic heterocycles. The van der Waals surface area contributed by atoms with Crippen LogP contribution in [0.4, 0.5) is 0 Å². The first-order valence-electron chi connectivity index (χ1n) is 6.20. The molecular formula is C12H23N3O3. The van der Waals surface area contributed by atoms with E-state index in [1.54, 1.807) is 0 Å². The van der Waals surface area contributed by atoms with Crippen LogP contribution in [0.1, 0.15) is 27.2 Å². The summed E-state index contributed by atoms with van der Waals surface area (Å²) in [5.74, 6) is -0.694. The van der Waals surface area contributed by atoms with Crippen molar-refractivity contribution in [1.29, 1.82) is 0 Å². The third kappa shape index (κ3) is 4.62. The fourth-order valence-corrected chi connectivity index (χ4v) is 1.91. The molecule has 0 bridgehead atoms. The number of hydrogen-bond acceptors (Lipinski definition) is 4. The molecule has 0 aliphatic carbocycles. The first-order valence-corrected chi connectivity index (χ1v) is 6.20. The molecule has 0 radical (unpaired) electrons. The van der Waals surface area contributed by atoms with Crippen molar-refractivity contribution in [2.75, 3.05) is 19.8 Å². The van der Waals surface area contributed by atoms with Crippen LogP contribution in [0.5, 0.6) is 0 Å². The maximum atomic E-state index is 11.9. The summed E-state index contributed by atoms with van der Waals surface area (Å²) < 4.78 is 5.27. The van der Waals surface area contributed by atoms with Crippen LogP contribution in [0.3, 0.4) is 0 Å². The van der Waals surface area contributed by atoms with Crippen LogP contribution >= 0.6 is 0 Å². The second kappa shape index (κ2) is 6.15. The lowest BCUT2D eigenvalue weighted by molar-refractivity contribution is -0.130. The van der Waals surface area contributed by atoms with Crippen LogP contribution in [0.15, 0.2) is 0 Å². The molecule has 104 valence electrons. The van der Waals surface area contributed by atoms with E-state index in [4.69, 9.17) is 10.5 Å². The van der Waals surface area contributed by atoms with E-state index in [1.807, 2.05) is 20.8 Å². The van der Waals surface area contributed by atoms with E-state index in [2.05, 4.69) is 10.6 Å². The summed E-state index contributed by atoms with van der Waals surface area (Å²) in [6.07, 6.45) is 0.292. The van der Waals surface area contributed by atoms with Gasteiger partial charge >= 0.3 is 0 Å². The lowest BCUT2D eigenvalue weighted by Gasteiger charge is -2.30. The molecule has 4 N–H and O–H groups in total. The number of carbonyl (C=O) groups is 2. The van der Waals surface area contributed by atoms with Gasteiger partial charge in [-0.25, -0.2) is 0 Å². The van der Waals surface area contributed by atoms with Gasteiger partial charge in [0.1, 0.15) is 6.04 Å². The Morgan fingerprint density at radius 2 is 2.17 bits per heavy atom. The highest BCUT2D eigenvalue weighted by Crippen LogP contribution is 2.19. The normalized spacial score (nSPS) is 22.3. The topological polar surface area (TPSA) is 93.4 Å². The van der Waals surface area contributed by atoms with E-state index < -0.39 is 17.4 Å². The maximum Gasteiger partial charge on any atom is 0.240 e. The fraction of sp³-hybridized carbons (Fsp3) is 0.833. The minimum absolute atomic E-state index is 0.00671. The van der Waals surface area contributed by atoms with Gasteiger partial charge in [0.05, 0.1) is 13.2 Å². The number of primary amides is 1. The van der Waals surface area contributed by atoms with Crippen LogP contribution in [0.2, 0.25) is 0 Å². The summed E-state index contributed by atoms with van der Waals surface area (Å²) in [4.78, 5) is 23.2. The molecule has 1 saturated heterocycles. The van der Waals surface area contributed by atoms with Gasteiger partial charge in [0, 0.05) is 19.0 Å². The van der Waals surface area contributed by atoms with E-state index in [0.717, 1.165) is 6.54 Å². The summed E-state index contributed by atoms with van der Waals surface area (Å²) in [5, 5.41) is 5.88. The van der Waals surface area contributed by atoms with Gasteiger partial charge in [-0.1, -0.05) is 20.8 Å². The summed E-state index contributed by atoms with van der Waals surface area (Å²) in [6.45, 7) is 7.53. The Hall–Kier alpha value is -1.14. The molecule has 2 unspecified atom stereocenters. The molecule has 0 aromatic carbocycles. The first-order chi connectivity index (χ1) is 8.30. The zero-order valence-corrected chi connectivity index (χ0v) is 11.3. The van der Waals surface area contributed by atoms with E-state index in [1.165, 1.54) is 0 Å². The largest absolute Gasteiger partial charge is 0.378 e. The number of morpholine rings is 1. The fourth-order valence-electron chi connectivity index (χ4n) is 1.91. The quantitative estimate of drug-likeness (QED) is 0.626. The molecule has 6 heteroatoms. The van der Waals surface area contributed by atoms with Crippen LogP contribution in [0.25, 0.3) is 0 Å². The molecule has 0 saturated carbocycles. The lowest BCUT2D eigenvalue weighted by Crippen LogP contribution is -2.53. The van der Waals surface area contributed by atoms with Gasteiger partial charge in [-0.2, -0.15) is 0 Å². The summed E-state index contributed by atoms with van der Waals surface area (Å²) in [5.41, 5.74) is 4.92. The average Bonchev–Trinajstić information content (AvgIpc) is 2.25. The Bertz CT molecular complexity index is 306. The van der Waals surface area contributed by atoms with E-state index >= 15 is 0 Å². The molecule has 18 heavy (non-hydrogen) atoms. The zero-order valence-electron chi connectivity index (χ0n) is 11.3. The Labute approximate surface area is 108 Å². The molecule has 1 fully saturated rings. The lowest BCUT2D eigenvalue weighted by atomic mass is 9.86. The van der Waals surface area contributed by atoms with Crippen molar-refractivity contribution >= 4 is 11.8 Å². The van der Waals surface area contributed by atoms with E-state index in [-0.39, 0.29) is 11.9 Å². The number of nitrogens with two attached hydrogens (primary N) is 1. The molecule has 1 heterocycles. The second-order valence-corrected chi connectivity index (χ2v) is 5.70. The third-order valence-corrected chi connectivity index (χ3v) is 2.89. The number of ether oxygens (including phenoxy) is 1. The van der Waals surface area contributed by atoms with Crippen LogP contribution < -0.4 is 16.4 Å². The molecule has 1 rings (SSSR count). The highest BCUT2D eigenvalue weighted by molar-refractivity contribution is 5.87. The van der Waals surface area contributed by atoms with Gasteiger partial charge < -0.3 is 21.1 Å². The summed E-state index contributed by atoms with van der Waals surface area (Å²) in [7, 11) is 0. The standard InChI is InChI=1S/C12H23N3O3/c1-12(2,3)10(11(13)17)15-9(16)6-8-7-18-5-4-14-8/h8,10,14H,4-7H2,1-3H3,(H2,13,17)(H,15,16). The molecule has 2 atom stereocenters. The van der Waals surface area contributed by atoms with Crippen molar-refractivity contribution in [2.45, 2.75) is 39.3 Å². The predicted molar refractivity (Wildman–Crippen MR) is 67.8 cm³/mol. The number of carbonyl (C=O) groups excluding carboxylic acids is 2. The highest BCUT2D eigenvalue weighted by atomic mass is 16.5. The van der Waals surface area contributed by atoms with Crippen molar-refractivity contribution in [3.05, 3.63) is 0 Å². The Morgan fingerprint density at radius 1 is 1.50 bits per heavy atom. The van der Waals surface area contributed by atoms with E-state index in [0.29, 0.717) is 19.6 Å². The molecular weight excluding hydrogens is 234 g/mol. The molecule has 1 aliphatic rings. The van der Waals surface area contributed by atoms with E-state index in [9.17, 15) is 9.59 Å². The van der Waals surface area contributed by atoms with Gasteiger partial charge in [0.25, 0.3) is 0 Å². The Balaban J connectivity index is 2.48. The average molecular weight is 257 g/mol. The van der Waals surface area contributed by atoms with Crippen LogP contribution in [0, 0.1) is 5.41 Å². The van der Waals surface area contributed by atoms with Crippen LogP contribution in [-0.4, -0.2) is 43.7 Å². The second-order valence-electron chi connectivity index (χ2n) is 5.70. The minimum Gasteiger partial charge on any atom is -0.378 e. The molecule has 0 spiro atoms. The Morgan fingerprint density at radius 3 is 2.61 bits per heavy atom. The van der Waals surface area contributed by atoms with Crippen LogP contribution in [-0.2, 0) is 14.3 Å². The number of hydrogen-bond donors (Lipinski definition) is 3. The molecule has 2 amide bonds. The van der Waals surface area contributed by atoms with Gasteiger partial charge in [-0.3, -0.25) is 9.59 Å². The molecule has 6 nitrogen and oxygen atoms in total. The smallest absolute Gasteiger partial charge is 0.240 e.